The van der Waals surface area contributed by atoms with Gasteiger partial charge in [-0.3, -0.25) is 4.68 Å². The van der Waals surface area contributed by atoms with Crippen molar-refractivity contribution in [1.29, 1.82) is 0 Å². The van der Waals surface area contributed by atoms with Crippen LogP contribution in [0.4, 0.5) is 4.39 Å². The summed E-state index contributed by atoms with van der Waals surface area (Å²) in [5, 5.41) is 4.50. The zero-order valence-electron chi connectivity index (χ0n) is 10.1. The average molecular weight is 268 g/mol. The number of rotatable bonds is 4. The summed E-state index contributed by atoms with van der Waals surface area (Å²) >= 11 is 5.97. The van der Waals surface area contributed by atoms with E-state index in [0.29, 0.717) is 23.4 Å². The van der Waals surface area contributed by atoms with Crippen LogP contribution in [0.2, 0.25) is 5.02 Å². The molecule has 1 atom stereocenters. The molecule has 2 aromatic rings. The molecule has 0 aliphatic carbocycles. The highest BCUT2D eigenvalue weighted by atomic mass is 35.5. The zero-order valence-corrected chi connectivity index (χ0v) is 10.9. The van der Waals surface area contributed by atoms with Crippen LogP contribution in [0, 0.1) is 5.82 Å². The van der Waals surface area contributed by atoms with Gasteiger partial charge in [-0.15, -0.1) is 0 Å². The van der Waals surface area contributed by atoms with Gasteiger partial charge in [-0.25, -0.2) is 4.39 Å². The third kappa shape index (κ3) is 3.09. The molecule has 1 unspecified atom stereocenters. The first-order valence-corrected chi connectivity index (χ1v) is 6.10. The van der Waals surface area contributed by atoms with Gasteiger partial charge in [0.05, 0.1) is 6.20 Å². The number of nitrogens with zero attached hydrogens (tertiary/aromatic N) is 2. The molecule has 2 rings (SSSR count). The number of halogens is 2. The third-order valence-corrected chi connectivity index (χ3v) is 3.14. The Labute approximate surface area is 110 Å². The normalized spacial score (nSPS) is 12.7. The van der Waals surface area contributed by atoms with Gasteiger partial charge < -0.3 is 5.73 Å². The molecule has 0 bridgehead atoms. The van der Waals surface area contributed by atoms with Gasteiger partial charge in [0.1, 0.15) is 5.82 Å². The van der Waals surface area contributed by atoms with Gasteiger partial charge >= 0.3 is 0 Å². The van der Waals surface area contributed by atoms with Crippen molar-refractivity contribution in [2.45, 2.75) is 18.9 Å². The van der Waals surface area contributed by atoms with Crippen molar-refractivity contribution >= 4 is 11.6 Å². The molecule has 0 spiro atoms. The fourth-order valence-corrected chi connectivity index (χ4v) is 2.18. The van der Waals surface area contributed by atoms with Crippen molar-refractivity contribution in [3.63, 3.8) is 0 Å². The summed E-state index contributed by atoms with van der Waals surface area (Å²) in [5.41, 5.74) is 7.54. The number of aryl methyl sites for hydroxylation is 1. The van der Waals surface area contributed by atoms with Crippen LogP contribution < -0.4 is 5.73 Å². The van der Waals surface area contributed by atoms with Gasteiger partial charge in [-0.05, 0) is 30.5 Å². The van der Waals surface area contributed by atoms with E-state index in [1.807, 2.05) is 13.2 Å². The SMILES string of the molecule is Cn1cc(CC(N)Cc2c(F)cccc2Cl)cn1. The molecule has 1 heterocycles. The molecule has 1 aromatic carbocycles. The monoisotopic (exact) mass is 267 g/mol. The van der Waals surface area contributed by atoms with Crippen LogP contribution in [0.5, 0.6) is 0 Å². The Morgan fingerprint density at radius 1 is 1.44 bits per heavy atom. The minimum atomic E-state index is -0.302. The lowest BCUT2D eigenvalue weighted by Gasteiger charge is -2.12. The summed E-state index contributed by atoms with van der Waals surface area (Å²) in [6, 6.07) is 4.49. The van der Waals surface area contributed by atoms with Crippen molar-refractivity contribution in [3.05, 3.63) is 52.6 Å². The van der Waals surface area contributed by atoms with Crippen LogP contribution in [0.25, 0.3) is 0 Å². The maximum atomic E-state index is 13.6. The molecule has 96 valence electrons. The van der Waals surface area contributed by atoms with Crippen LogP contribution in [0.15, 0.2) is 30.6 Å². The summed E-state index contributed by atoms with van der Waals surface area (Å²) in [7, 11) is 1.85. The van der Waals surface area contributed by atoms with E-state index in [2.05, 4.69) is 5.10 Å². The van der Waals surface area contributed by atoms with E-state index in [1.54, 1.807) is 23.0 Å². The molecule has 5 heteroatoms. The van der Waals surface area contributed by atoms with Gasteiger partial charge in [0.2, 0.25) is 0 Å². The lowest BCUT2D eigenvalue weighted by atomic mass is 10.0. The zero-order chi connectivity index (χ0) is 13.1. The Morgan fingerprint density at radius 2 is 2.22 bits per heavy atom. The highest BCUT2D eigenvalue weighted by Crippen LogP contribution is 2.20. The van der Waals surface area contributed by atoms with Gasteiger partial charge in [-0.2, -0.15) is 5.10 Å². The Balaban J connectivity index is 2.05. The second-order valence-corrected chi connectivity index (χ2v) is 4.80. The van der Waals surface area contributed by atoms with Crippen molar-refractivity contribution in [2.75, 3.05) is 0 Å². The Morgan fingerprint density at radius 3 is 2.83 bits per heavy atom. The van der Waals surface area contributed by atoms with Gasteiger partial charge in [0, 0.05) is 29.9 Å². The number of hydrogen-bond donors (Lipinski definition) is 1. The van der Waals surface area contributed by atoms with Crippen LogP contribution in [0.3, 0.4) is 0 Å². The minimum absolute atomic E-state index is 0.177. The molecule has 2 N–H and O–H groups in total. The first-order chi connectivity index (χ1) is 8.56. The standard InChI is InChI=1S/C13H15ClFN3/c1-18-8-9(7-17-18)5-10(16)6-11-12(14)3-2-4-13(11)15/h2-4,7-8,10H,5-6,16H2,1H3. The number of benzene rings is 1. The lowest BCUT2D eigenvalue weighted by Crippen LogP contribution is -2.26. The second kappa shape index (κ2) is 5.50. The van der Waals surface area contributed by atoms with Crippen molar-refractivity contribution in [1.82, 2.24) is 9.78 Å². The van der Waals surface area contributed by atoms with Crippen molar-refractivity contribution in [2.24, 2.45) is 12.8 Å². The summed E-state index contributed by atoms with van der Waals surface area (Å²) < 4.78 is 15.3. The molecule has 3 nitrogen and oxygen atoms in total. The summed E-state index contributed by atoms with van der Waals surface area (Å²) in [4.78, 5) is 0. The molecule has 0 saturated heterocycles. The van der Waals surface area contributed by atoms with Gasteiger partial charge in [0.15, 0.2) is 0 Å². The van der Waals surface area contributed by atoms with E-state index in [4.69, 9.17) is 17.3 Å². The Kier molecular flexibility index (Phi) is 3.99. The van der Waals surface area contributed by atoms with E-state index in [0.717, 1.165) is 5.56 Å². The topological polar surface area (TPSA) is 43.8 Å². The molecule has 0 amide bonds. The molecule has 0 aliphatic rings. The average Bonchev–Trinajstić information content (AvgIpc) is 2.69. The van der Waals surface area contributed by atoms with E-state index >= 15 is 0 Å². The first-order valence-electron chi connectivity index (χ1n) is 5.72. The van der Waals surface area contributed by atoms with Crippen LogP contribution >= 0.6 is 11.6 Å². The Hall–Kier alpha value is -1.39. The largest absolute Gasteiger partial charge is 0.327 e. The number of aromatic nitrogens is 2. The summed E-state index contributed by atoms with van der Waals surface area (Å²) in [5.74, 6) is -0.302. The van der Waals surface area contributed by atoms with Gasteiger partial charge in [-0.1, -0.05) is 17.7 Å². The maximum absolute atomic E-state index is 13.6. The second-order valence-electron chi connectivity index (χ2n) is 4.39. The fourth-order valence-electron chi connectivity index (χ4n) is 1.94. The number of hydrogen-bond acceptors (Lipinski definition) is 2. The van der Waals surface area contributed by atoms with E-state index in [-0.39, 0.29) is 11.9 Å². The highest BCUT2D eigenvalue weighted by molar-refractivity contribution is 6.31. The third-order valence-electron chi connectivity index (χ3n) is 2.78. The lowest BCUT2D eigenvalue weighted by molar-refractivity contribution is 0.584. The van der Waals surface area contributed by atoms with E-state index < -0.39 is 0 Å². The molecule has 1 aromatic heterocycles. The molecule has 0 fully saturated rings. The minimum Gasteiger partial charge on any atom is -0.327 e. The summed E-state index contributed by atoms with van der Waals surface area (Å²) in [6.45, 7) is 0. The first kappa shape index (κ1) is 13.1. The van der Waals surface area contributed by atoms with Gasteiger partial charge in [0.25, 0.3) is 0 Å². The van der Waals surface area contributed by atoms with Crippen LogP contribution in [-0.4, -0.2) is 15.8 Å². The summed E-state index contributed by atoms with van der Waals surface area (Å²) in [6.07, 6.45) is 4.74. The van der Waals surface area contributed by atoms with Crippen molar-refractivity contribution in [3.8, 4) is 0 Å². The molecular weight excluding hydrogens is 253 g/mol. The van der Waals surface area contributed by atoms with Crippen molar-refractivity contribution < 1.29 is 4.39 Å². The van der Waals surface area contributed by atoms with E-state index in [1.165, 1.54) is 6.07 Å². The molecule has 18 heavy (non-hydrogen) atoms. The number of nitrogens with two attached hydrogens (primary N) is 1. The fraction of sp³-hybridized carbons (Fsp3) is 0.308. The Bertz CT molecular complexity index is 519. The maximum Gasteiger partial charge on any atom is 0.127 e. The molecule has 0 saturated carbocycles. The smallest absolute Gasteiger partial charge is 0.127 e. The predicted molar refractivity (Wildman–Crippen MR) is 70.0 cm³/mol. The van der Waals surface area contributed by atoms with Crippen LogP contribution in [-0.2, 0) is 19.9 Å². The highest BCUT2D eigenvalue weighted by Gasteiger charge is 2.12. The van der Waals surface area contributed by atoms with E-state index in [9.17, 15) is 4.39 Å². The molecule has 0 radical (unpaired) electrons. The predicted octanol–water partition coefficient (Wildman–Crippen LogP) is 2.33. The quantitative estimate of drug-likeness (QED) is 0.924. The molecule has 0 aliphatic heterocycles. The molecular formula is C13H15ClFN3. The van der Waals surface area contributed by atoms with Crippen LogP contribution in [0.1, 0.15) is 11.1 Å².